The molecule has 4 heteroatoms. The number of fused-ring (bicyclic) bond motifs is 9. The molecule has 10 aromatic carbocycles. The largest absolute Gasteiger partial charge is 0.309 e. The number of aromatic nitrogens is 2. The molecular formula is C64H34N4. The quantitative estimate of drug-likeness (QED) is 0.122. The average molecular weight is 859 g/mol. The van der Waals surface area contributed by atoms with Crippen LogP contribution in [0.4, 0.5) is 0 Å². The fourth-order valence-corrected chi connectivity index (χ4v) is 14.6. The first kappa shape index (κ1) is 35.3. The van der Waals surface area contributed by atoms with Crippen molar-refractivity contribution < 1.29 is 0 Å². The molecule has 0 radical (unpaired) electrons. The summed E-state index contributed by atoms with van der Waals surface area (Å²) in [6, 6.07) is 72.6. The average Bonchev–Trinajstić information content (AvgIpc) is 3.92. The molecule has 0 N–H and O–H groups in total. The van der Waals surface area contributed by atoms with Crippen molar-refractivity contribution in [2.75, 3.05) is 0 Å². The Hall–Kier alpha value is -8.96. The highest BCUT2D eigenvalue weighted by Gasteiger charge is 2.47. The van der Waals surface area contributed by atoms with Gasteiger partial charge in [-0.15, -0.1) is 0 Å². The third-order valence-corrected chi connectivity index (χ3v) is 16.8. The van der Waals surface area contributed by atoms with E-state index in [4.69, 9.17) is 0 Å². The van der Waals surface area contributed by atoms with Gasteiger partial charge in [0.05, 0.1) is 50.8 Å². The minimum atomic E-state index is -0.0818. The van der Waals surface area contributed by atoms with Crippen LogP contribution in [0, 0.1) is 22.7 Å². The number of nitriles is 2. The van der Waals surface area contributed by atoms with Crippen LogP contribution in [0.1, 0.15) is 102 Å². The number of nitrogens with zero attached hydrogens (tertiary/aromatic N) is 4. The molecule has 3 aromatic heterocycles. The van der Waals surface area contributed by atoms with Gasteiger partial charge < -0.3 is 8.97 Å². The van der Waals surface area contributed by atoms with E-state index in [1.807, 2.05) is 0 Å². The summed E-state index contributed by atoms with van der Waals surface area (Å²) in [5, 5.41) is 32.5. The Bertz CT molecular complexity index is 4510. The van der Waals surface area contributed by atoms with Gasteiger partial charge in [-0.05, 0) is 114 Å². The third-order valence-electron chi connectivity index (χ3n) is 16.8. The lowest BCUT2D eigenvalue weighted by atomic mass is 9.59. The predicted molar refractivity (Wildman–Crippen MR) is 272 cm³/mol. The Morgan fingerprint density at radius 2 is 0.794 bits per heavy atom. The summed E-state index contributed by atoms with van der Waals surface area (Å²) < 4.78 is 5.00. The molecule has 0 atom stereocenters. The molecule has 68 heavy (non-hydrogen) atoms. The van der Waals surface area contributed by atoms with Crippen LogP contribution in [0.25, 0.3) is 76.4 Å². The first-order valence-corrected chi connectivity index (χ1v) is 23.7. The van der Waals surface area contributed by atoms with Gasteiger partial charge in [-0.3, -0.25) is 0 Å². The van der Waals surface area contributed by atoms with Crippen molar-refractivity contribution in [3.63, 3.8) is 0 Å². The number of hydrogen-bond acceptors (Lipinski definition) is 2. The molecule has 4 bridgehead atoms. The van der Waals surface area contributed by atoms with Gasteiger partial charge in [0, 0.05) is 61.7 Å². The SMILES string of the molecule is N#Cc1cc2c(c3c1C1c4ccccc4C3c3ccccc31)c1cc3c4cccc5cccc(c54)n(-c4ccccc4)c3c3c4c5c(c(C#N)cc4n2c13)C1c2ccccc2C5c2ccccc21. The van der Waals surface area contributed by atoms with Crippen LogP contribution >= 0.6 is 0 Å². The van der Waals surface area contributed by atoms with E-state index in [1.54, 1.807) is 0 Å². The summed E-state index contributed by atoms with van der Waals surface area (Å²) >= 11 is 0. The monoisotopic (exact) mass is 858 g/mol. The van der Waals surface area contributed by atoms with Gasteiger partial charge in [0.15, 0.2) is 0 Å². The first-order chi connectivity index (χ1) is 33.7. The minimum absolute atomic E-state index is 0.0532. The molecule has 0 saturated heterocycles. The van der Waals surface area contributed by atoms with Gasteiger partial charge in [0.2, 0.25) is 0 Å². The van der Waals surface area contributed by atoms with E-state index < -0.39 is 0 Å². The lowest BCUT2D eigenvalue weighted by Gasteiger charge is -2.43. The summed E-state index contributed by atoms with van der Waals surface area (Å²) in [5.74, 6) is -0.277. The van der Waals surface area contributed by atoms with E-state index in [0.717, 1.165) is 44.4 Å². The zero-order valence-electron chi connectivity index (χ0n) is 36.4. The van der Waals surface area contributed by atoms with E-state index in [2.05, 4.69) is 203 Å². The van der Waals surface area contributed by atoms with Crippen molar-refractivity contribution in [1.29, 1.82) is 10.5 Å². The first-order valence-electron chi connectivity index (χ1n) is 23.7. The highest BCUT2D eigenvalue weighted by molar-refractivity contribution is 6.36. The number of hydrogen-bond donors (Lipinski definition) is 0. The standard InChI is InChI=1S/C64H34N4/c65-31-34-28-49-58(60-52(34)54-37-18-4-8-22-41(37)56(60)42-23-9-5-19-38(42)54)47-30-46-45-26-12-14-33-15-13-27-48(51(33)45)67(36-16-2-1-3-17-36)63(46)62-59-50(68(49)64(47)62)29-35(32-66)53-55-39-20-6-10-24-43(39)57(61(53)59)44-25-11-7-21-40(44)55/h1-30,54-57H. The maximum Gasteiger partial charge on any atom is 0.0995 e. The molecule has 6 aliphatic carbocycles. The van der Waals surface area contributed by atoms with Crippen molar-refractivity contribution in [2.24, 2.45) is 0 Å². The molecule has 4 nitrogen and oxygen atoms in total. The van der Waals surface area contributed by atoms with Crippen LogP contribution in [0.2, 0.25) is 0 Å². The van der Waals surface area contributed by atoms with Crippen molar-refractivity contribution >= 4 is 70.7 Å². The molecule has 6 aliphatic rings. The smallest absolute Gasteiger partial charge is 0.0995 e. The molecule has 0 amide bonds. The van der Waals surface area contributed by atoms with E-state index in [9.17, 15) is 10.5 Å². The van der Waals surface area contributed by atoms with Crippen molar-refractivity contribution in [3.8, 4) is 17.8 Å². The van der Waals surface area contributed by atoms with Crippen LogP contribution in [-0.4, -0.2) is 8.97 Å². The van der Waals surface area contributed by atoms with Gasteiger partial charge in [-0.25, -0.2) is 0 Å². The minimum Gasteiger partial charge on any atom is -0.309 e. The molecule has 0 fully saturated rings. The number of pyridine rings is 1. The summed E-state index contributed by atoms with van der Waals surface area (Å²) in [6.07, 6.45) is 0. The van der Waals surface area contributed by atoms with Crippen LogP contribution in [0.3, 0.4) is 0 Å². The van der Waals surface area contributed by atoms with E-state index in [1.165, 1.54) is 98.7 Å². The Labute approximate surface area is 389 Å². The molecule has 0 unspecified atom stereocenters. The Morgan fingerprint density at radius 3 is 1.31 bits per heavy atom. The van der Waals surface area contributed by atoms with E-state index in [-0.39, 0.29) is 23.7 Å². The van der Waals surface area contributed by atoms with Crippen molar-refractivity contribution in [3.05, 3.63) is 260 Å². The second-order valence-electron chi connectivity index (χ2n) is 19.5. The number of rotatable bonds is 1. The Kier molecular flexibility index (Phi) is 6.27. The molecule has 0 saturated carbocycles. The van der Waals surface area contributed by atoms with Crippen LogP contribution < -0.4 is 0 Å². The highest BCUT2D eigenvalue weighted by atomic mass is 15.0. The van der Waals surface area contributed by atoms with Crippen LogP contribution in [0.15, 0.2) is 182 Å². The zero-order chi connectivity index (χ0) is 44.3. The van der Waals surface area contributed by atoms with Gasteiger partial charge in [0.25, 0.3) is 0 Å². The Morgan fingerprint density at radius 1 is 0.338 bits per heavy atom. The Balaban J connectivity index is 1.17. The maximum absolute atomic E-state index is 11.5. The zero-order valence-corrected chi connectivity index (χ0v) is 36.4. The van der Waals surface area contributed by atoms with Gasteiger partial charge in [-0.2, -0.15) is 10.5 Å². The fourth-order valence-electron chi connectivity index (χ4n) is 14.6. The second-order valence-corrected chi connectivity index (χ2v) is 19.5. The number of benzene rings is 10. The van der Waals surface area contributed by atoms with Gasteiger partial charge in [0.1, 0.15) is 0 Å². The normalized spacial score (nSPS) is 18.0. The lowest BCUT2D eigenvalue weighted by molar-refractivity contribution is 0.758. The van der Waals surface area contributed by atoms with Crippen LogP contribution in [0.5, 0.6) is 0 Å². The van der Waals surface area contributed by atoms with E-state index in [0.29, 0.717) is 11.1 Å². The molecule has 13 aromatic rings. The van der Waals surface area contributed by atoms with Gasteiger partial charge in [-0.1, -0.05) is 146 Å². The predicted octanol–water partition coefficient (Wildman–Crippen LogP) is 14.8. The van der Waals surface area contributed by atoms with E-state index >= 15 is 0 Å². The van der Waals surface area contributed by atoms with Crippen molar-refractivity contribution in [2.45, 2.75) is 23.7 Å². The molecule has 19 rings (SSSR count). The highest BCUT2D eigenvalue weighted by Crippen LogP contribution is 2.63. The molecule has 310 valence electrons. The summed E-state index contributed by atoms with van der Waals surface area (Å²) in [7, 11) is 0. The molecule has 0 aliphatic heterocycles. The maximum atomic E-state index is 11.5. The summed E-state index contributed by atoms with van der Waals surface area (Å²) in [5.41, 5.74) is 23.2. The summed E-state index contributed by atoms with van der Waals surface area (Å²) in [6.45, 7) is 0. The van der Waals surface area contributed by atoms with Crippen molar-refractivity contribution in [1.82, 2.24) is 8.97 Å². The second kappa shape index (κ2) is 12.1. The third kappa shape index (κ3) is 3.87. The topological polar surface area (TPSA) is 56.9 Å². The molecular weight excluding hydrogens is 825 g/mol. The molecule has 3 heterocycles. The van der Waals surface area contributed by atoms with Gasteiger partial charge >= 0.3 is 0 Å². The summed E-state index contributed by atoms with van der Waals surface area (Å²) in [4.78, 5) is 0. The number of para-hydroxylation sites is 1. The van der Waals surface area contributed by atoms with Crippen LogP contribution in [-0.2, 0) is 0 Å². The fraction of sp³-hybridized carbons (Fsp3) is 0.0625. The lowest BCUT2D eigenvalue weighted by Crippen LogP contribution is -2.28. The molecule has 0 spiro atoms.